The summed E-state index contributed by atoms with van der Waals surface area (Å²) in [6.45, 7) is 13.0. The van der Waals surface area contributed by atoms with Crippen molar-refractivity contribution >= 4 is 0 Å². The first-order chi connectivity index (χ1) is 13.2. The molecule has 1 saturated carbocycles. The molecule has 0 spiro atoms. The first kappa shape index (κ1) is 20.8. The molecule has 0 amide bonds. The number of rotatable bonds is 4. The van der Waals surface area contributed by atoms with Crippen molar-refractivity contribution in [3.05, 3.63) is 57.6 Å². The van der Waals surface area contributed by atoms with Gasteiger partial charge in [-0.15, -0.1) is 0 Å². The molecule has 0 radical (unpaired) electrons. The van der Waals surface area contributed by atoms with Crippen LogP contribution in [0, 0.1) is 13.8 Å². The summed E-state index contributed by atoms with van der Waals surface area (Å²) < 4.78 is 0. The van der Waals surface area contributed by atoms with Crippen LogP contribution in [0.5, 0.6) is 11.5 Å². The van der Waals surface area contributed by atoms with Crippen LogP contribution in [-0.2, 0) is 5.41 Å². The lowest BCUT2D eigenvalue weighted by Gasteiger charge is -2.43. The number of hydrogen-bond donors (Lipinski definition) is 2. The van der Waals surface area contributed by atoms with Gasteiger partial charge in [-0.2, -0.15) is 0 Å². The first-order valence-electron chi connectivity index (χ1n) is 10.9. The van der Waals surface area contributed by atoms with Crippen molar-refractivity contribution in [3.8, 4) is 11.5 Å². The van der Waals surface area contributed by atoms with Crippen molar-refractivity contribution in [2.45, 2.75) is 90.9 Å². The van der Waals surface area contributed by atoms with E-state index in [1.807, 2.05) is 12.1 Å². The van der Waals surface area contributed by atoms with Crippen LogP contribution in [0.2, 0.25) is 0 Å². The van der Waals surface area contributed by atoms with Crippen molar-refractivity contribution in [2.75, 3.05) is 0 Å². The van der Waals surface area contributed by atoms with E-state index in [2.05, 4.69) is 53.7 Å². The summed E-state index contributed by atoms with van der Waals surface area (Å²) in [6, 6.07) is 8.12. The summed E-state index contributed by atoms with van der Waals surface area (Å²) in [6.07, 6.45) is 5.97. The Morgan fingerprint density at radius 3 is 1.43 bits per heavy atom. The smallest absolute Gasteiger partial charge is 0.118 e. The lowest BCUT2D eigenvalue weighted by Crippen LogP contribution is -2.33. The van der Waals surface area contributed by atoms with Gasteiger partial charge in [0.1, 0.15) is 11.5 Å². The Labute approximate surface area is 170 Å². The molecule has 2 N–H and O–H groups in total. The van der Waals surface area contributed by atoms with E-state index in [1.165, 1.54) is 41.5 Å². The van der Waals surface area contributed by atoms with Gasteiger partial charge < -0.3 is 10.2 Å². The molecule has 28 heavy (non-hydrogen) atoms. The Morgan fingerprint density at radius 2 is 1.07 bits per heavy atom. The van der Waals surface area contributed by atoms with Crippen molar-refractivity contribution in [1.29, 1.82) is 0 Å². The van der Waals surface area contributed by atoms with Crippen molar-refractivity contribution in [1.82, 2.24) is 0 Å². The van der Waals surface area contributed by atoms with Gasteiger partial charge in [0.25, 0.3) is 0 Å². The highest BCUT2D eigenvalue weighted by molar-refractivity contribution is 5.57. The van der Waals surface area contributed by atoms with Gasteiger partial charge in [-0.1, -0.05) is 59.1 Å². The molecule has 2 nitrogen and oxygen atoms in total. The Balaban J connectivity index is 2.38. The Bertz CT molecular complexity index is 790. The molecule has 1 aliphatic rings. The molecule has 0 saturated heterocycles. The van der Waals surface area contributed by atoms with E-state index in [1.54, 1.807) is 0 Å². The number of phenols is 2. The van der Waals surface area contributed by atoms with Crippen LogP contribution in [0.1, 0.15) is 105 Å². The summed E-state index contributed by atoms with van der Waals surface area (Å²) in [5, 5.41) is 20.8. The van der Waals surface area contributed by atoms with E-state index < -0.39 is 0 Å². The monoisotopic (exact) mass is 380 g/mol. The predicted molar refractivity (Wildman–Crippen MR) is 118 cm³/mol. The summed E-state index contributed by atoms with van der Waals surface area (Å²) in [5.74, 6) is 1.48. The molecule has 1 aliphatic carbocycles. The van der Waals surface area contributed by atoms with Crippen LogP contribution < -0.4 is 0 Å². The van der Waals surface area contributed by atoms with Gasteiger partial charge >= 0.3 is 0 Å². The predicted octanol–water partition coefficient (Wildman–Crippen LogP) is 7.21. The van der Waals surface area contributed by atoms with Crippen LogP contribution in [0.3, 0.4) is 0 Å². The highest BCUT2D eigenvalue weighted by Crippen LogP contribution is 2.51. The third-order valence-electron chi connectivity index (χ3n) is 6.87. The first-order valence-corrected chi connectivity index (χ1v) is 10.9. The van der Waals surface area contributed by atoms with Crippen molar-refractivity contribution in [3.63, 3.8) is 0 Å². The summed E-state index contributed by atoms with van der Waals surface area (Å²) in [5.41, 5.74) is 7.32. The summed E-state index contributed by atoms with van der Waals surface area (Å²) >= 11 is 0. The fourth-order valence-electron chi connectivity index (χ4n) is 5.60. The van der Waals surface area contributed by atoms with Gasteiger partial charge in [-0.25, -0.2) is 0 Å². The van der Waals surface area contributed by atoms with E-state index >= 15 is 0 Å². The highest BCUT2D eigenvalue weighted by Gasteiger charge is 2.40. The van der Waals surface area contributed by atoms with Gasteiger partial charge in [0.05, 0.1) is 0 Å². The topological polar surface area (TPSA) is 40.5 Å². The molecule has 0 unspecified atom stereocenters. The van der Waals surface area contributed by atoms with E-state index in [0.29, 0.717) is 23.3 Å². The maximum absolute atomic E-state index is 10.4. The summed E-state index contributed by atoms with van der Waals surface area (Å²) in [4.78, 5) is 0. The number of aromatic hydroxyl groups is 2. The molecule has 0 heterocycles. The molecular weight excluding hydrogens is 344 g/mol. The van der Waals surface area contributed by atoms with E-state index in [-0.39, 0.29) is 5.41 Å². The maximum atomic E-state index is 10.4. The molecule has 1 fully saturated rings. The molecule has 0 atom stereocenters. The molecular formula is C26H36O2. The minimum atomic E-state index is -0.0472. The largest absolute Gasteiger partial charge is 0.508 e. The van der Waals surface area contributed by atoms with E-state index in [0.717, 1.165) is 24.0 Å². The lowest BCUT2D eigenvalue weighted by molar-refractivity contribution is 0.338. The average molecular weight is 381 g/mol. The zero-order valence-corrected chi connectivity index (χ0v) is 18.4. The second-order valence-electron chi connectivity index (χ2n) is 9.29. The van der Waals surface area contributed by atoms with Gasteiger partial charge in [0, 0.05) is 5.41 Å². The molecule has 0 bridgehead atoms. The quantitative estimate of drug-likeness (QED) is 0.588. The normalized spacial score (nSPS) is 16.7. The lowest BCUT2D eigenvalue weighted by atomic mass is 9.61. The molecule has 152 valence electrons. The van der Waals surface area contributed by atoms with E-state index in [9.17, 15) is 10.2 Å². The molecule has 2 aromatic rings. The highest BCUT2D eigenvalue weighted by atomic mass is 16.3. The Hall–Kier alpha value is -1.96. The SMILES string of the molecule is Cc1c(O)ccc(C2(c3ccc(O)c(C)c3C(C)C)CCCCC2)c1C(C)C. The zero-order valence-electron chi connectivity index (χ0n) is 18.4. The second kappa shape index (κ2) is 7.81. The fraction of sp³-hybridized carbons (Fsp3) is 0.538. The third kappa shape index (κ3) is 3.32. The van der Waals surface area contributed by atoms with Gasteiger partial charge in [-0.3, -0.25) is 0 Å². The number of phenolic OH excluding ortho intramolecular Hbond substituents is 2. The standard InChI is InChI=1S/C26H36O2/c1-16(2)24-18(5)22(27)12-10-20(24)26(14-8-7-9-15-26)21-11-13-23(28)19(6)25(21)17(3)4/h10-13,16-17,27-28H,7-9,14-15H2,1-6H3. The molecule has 0 aliphatic heterocycles. The maximum Gasteiger partial charge on any atom is 0.118 e. The Kier molecular flexibility index (Phi) is 5.79. The Morgan fingerprint density at radius 1 is 0.679 bits per heavy atom. The average Bonchev–Trinajstić information content (AvgIpc) is 2.65. The summed E-state index contributed by atoms with van der Waals surface area (Å²) in [7, 11) is 0. The molecule has 3 rings (SSSR count). The van der Waals surface area contributed by atoms with Crippen LogP contribution in [-0.4, -0.2) is 10.2 Å². The molecule has 2 heteroatoms. The number of hydrogen-bond acceptors (Lipinski definition) is 2. The van der Waals surface area contributed by atoms with Crippen LogP contribution in [0.4, 0.5) is 0 Å². The third-order valence-corrected chi connectivity index (χ3v) is 6.87. The van der Waals surface area contributed by atoms with E-state index in [4.69, 9.17) is 0 Å². The molecule has 2 aromatic carbocycles. The van der Waals surface area contributed by atoms with Gasteiger partial charge in [0.2, 0.25) is 0 Å². The zero-order chi connectivity index (χ0) is 20.6. The van der Waals surface area contributed by atoms with Crippen LogP contribution in [0.25, 0.3) is 0 Å². The number of benzene rings is 2. The minimum Gasteiger partial charge on any atom is -0.508 e. The van der Waals surface area contributed by atoms with Crippen LogP contribution >= 0.6 is 0 Å². The second-order valence-corrected chi connectivity index (χ2v) is 9.29. The van der Waals surface area contributed by atoms with Crippen molar-refractivity contribution < 1.29 is 10.2 Å². The molecule has 0 aromatic heterocycles. The fourth-order valence-corrected chi connectivity index (χ4v) is 5.60. The van der Waals surface area contributed by atoms with Crippen LogP contribution in [0.15, 0.2) is 24.3 Å². The van der Waals surface area contributed by atoms with Gasteiger partial charge in [-0.05, 0) is 84.0 Å². The van der Waals surface area contributed by atoms with Crippen molar-refractivity contribution in [2.24, 2.45) is 0 Å². The minimum absolute atomic E-state index is 0.0472. The van der Waals surface area contributed by atoms with Gasteiger partial charge in [0.15, 0.2) is 0 Å².